The predicted molar refractivity (Wildman–Crippen MR) is 96.2 cm³/mol. The highest BCUT2D eigenvalue weighted by atomic mass is 32.1. The number of rotatable bonds is 6. The average Bonchev–Trinajstić information content (AvgIpc) is 3.06. The Bertz CT molecular complexity index is 698. The Hall–Kier alpha value is -1.63. The fourth-order valence-corrected chi connectivity index (χ4v) is 3.01. The van der Waals surface area contributed by atoms with E-state index in [1.807, 2.05) is 25.2 Å². The minimum atomic E-state index is 0. The summed E-state index contributed by atoms with van der Waals surface area (Å²) < 4.78 is 6.24. The molecule has 1 atom stereocenters. The minimum absolute atomic E-state index is 0. The molecule has 3 rings (SSSR count). The molecule has 1 aromatic carbocycles. The molecule has 1 N–H and O–H groups in total. The molecule has 0 fully saturated rings. The fourth-order valence-electron chi connectivity index (χ4n) is 2.22. The van der Waals surface area contributed by atoms with Gasteiger partial charge in [-0.2, -0.15) is 13.5 Å². The number of hydrogen-bond donors (Lipinski definition) is 1. The van der Waals surface area contributed by atoms with Crippen molar-refractivity contribution in [3.63, 3.8) is 0 Å². The first-order valence-corrected chi connectivity index (χ1v) is 7.81. The largest absolute Gasteiger partial charge is 0.482 e. The number of nitrogens with one attached hydrogen (secondary N) is 1. The van der Waals surface area contributed by atoms with Crippen molar-refractivity contribution >= 4 is 35.9 Å². The van der Waals surface area contributed by atoms with Gasteiger partial charge in [0, 0.05) is 23.7 Å². The molecule has 0 unspecified atom stereocenters. The van der Waals surface area contributed by atoms with E-state index in [-0.39, 0.29) is 19.6 Å². The molecule has 0 aliphatic carbocycles. The van der Waals surface area contributed by atoms with Crippen LogP contribution in [0.25, 0.3) is 11.0 Å². The van der Waals surface area contributed by atoms with Crippen LogP contribution in [0.15, 0.2) is 48.1 Å². The molecule has 3 aromatic rings. The van der Waals surface area contributed by atoms with Crippen LogP contribution in [0.4, 0.5) is 0 Å². The number of hydrogen-bond acceptors (Lipinski definition) is 5. The Morgan fingerprint density at radius 1 is 1.18 bits per heavy atom. The summed E-state index contributed by atoms with van der Waals surface area (Å²) in [5.41, 5.74) is 1.67. The molecule has 2 heterocycles. The first-order chi connectivity index (χ1) is 10.4. The van der Waals surface area contributed by atoms with Crippen LogP contribution in [0.3, 0.4) is 0 Å². The molecule has 0 amide bonds. The monoisotopic (exact) mass is 333 g/mol. The molecule has 4 nitrogen and oxygen atoms in total. The van der Waals surface area contributed by atoms with Crippen molar-refractivity contribution in [2.24, 2.45) is 0 Å². The van der Waals surface area contributed by atoms with Gasteiger partial charge in [-0.1, -0.05) is 12.1 Å². The summed E-state index contributed by atoms with van der Waals surface area (Å²) in [6, 6.07) is 10.0. The summed E-state index contributed by atoms with van der Waals surface area (Å²) in [5.74, 6) is 0.787. The molecule has 0 radical (unpaired) electrons. The van der Waals surface area contributed by atoms with E-state index in [9.17, 15) is 0 Å². The van der Waals surface area contributed by atoms with Gasteiger partial charge in [0.1, 0.15) is 17.4 Å². The summed E-state index contributed by atoms with van der Waals surface area (Å²) in [4.78, 5) is 9.95. The van der Waals surface area contributed by atoms with E-state index in [0.29, 0.717) is 0 Å². The van der Waals surface area contributed by atoms with E-state index < -0.39 is 0 Å². The summed E-state index contributed by atoms with van der Waals surface area (Å²) in [7, 11) is 1.95. The molecule has 0 saturated carbocycles. The van der Waals surface area contributed by atoms with E-state index in [1.165, 1.54) is 4.88 Å². The predicted octanol–water partition coefficient (Wildman–Crippen LogP) is 3.53. The average molecular weight is 333 g/mol. The maximum atomic E-state index is 6.24. The first-order valence-electron chi connectivity index (χ1n) is 6.93. The van der Waals surface area contributed by atoms with Gasteiger partial charge in [0.2, 0.25) is 0 Å². The fraction of sp³-hybridized carbons (Fsp3) is 0.250. The zero-order valence-electron chi connectivity index (χ0n) is 12.3. The lowest BCUT2D eigenvalue weighted by Crippen LogP contribution is -2.15. The minimum Gasteiger partial charge on any atom is -0.482 e. The molecule has 0 aliphatic rings. The van der Waals surface area contributed by atoms with Crippen LogP contribution in [0.2, 0.25) is 0 Å². The molecule has 0 spiro atoms. The van der Waals surface area contributed by atoms with E-state index >= 15 is 0 Å². The second-order valence-electron chi connectivity index (χ2n) is 4.69. The third kappa shape index (κ3) is 3.76. The highest BCUT2D eigenvalue weighted by Crippen LogP contribution is 2.31. The number of nitrogens with zero attached hydrogens (tertiary/aromatic N) is 2. The van der Waals surface area contributed by atoms with Gasteiger partial charge in [-0.3, -0.25) is 4.98 Å². The molecule has 116 valence electrons. The third-order valence-corrected chi connectivity index (χ3v) is 4.21. The lowest BCUT2D eigenvalue weighted by Gasteiger charge is -2.18. The lowest BCUT2D eigenvalue weighted by molar-refractivity contribution is 0.201. The SMILES string of the molecule is CNCC[C@H](Oc1cccc2nccnc12)c1cccs1.S. The number of thiophene rings is 1. The number of ether oxygens (including phenoxy) is 1. The topological polar surface area (TPSA) is 47.0 Å². The van der Waals surface area contributed by atoms with Crippen molar-refractivity contribution in [1.82, 2.24) is 15.3 Å². The van der Waals surface area contributed by atoms with Crippen LogP contribution in [-0.4, -0.2) is 23.6 Å². The highest BCUT2D eigenvalue weighted by molar-refractivity contribution is 7.59. The van der Waals surface area contributed by atoms with Gasteiger partial charge in [-0.05, 0) is 37.2 Å². The van der Waals surface area contributed by atoms with Crippen molar-refractivity contribution in [2.45, 2.75) is 12.5 Å². The van der Waals surface area contributed by atoms with E-state index in [2.05, 4.69) is 32.8 Å². The van der Waals surface area contributed by atoms with Crippen LogP contribution in [0, 0.1) is 0 Å². The highest BCUT2D eigenvalue weighted by Gasteiger charge is 2.16. The molecular weight excluding hydrogens is 314 g/mol. The van der Waals surface area contributed by atoms with Gasteiger partial charge < -0.3 is 10.1 Å². The standard InChI is InChI=1S/C16H17N3OS.H2S/c1-17-8-7-13(15-6-3-11-21-15)20-14-5-2-4-12-16(14)19-10-9-18-12;/h2-6,9-11,13,17H,7-8H2,1H3;1H2/t13-;/m0./s1. The number of fused-ring (bicyclic) bond motifs is 1. The van der Waals surface area contributed by atoms with Gasteiger partial charge in [-0.15, -0.1) is 11.3 Å². The van der Waals surface area contributed by atoms with Crippen LogP contribution >= 0.6 is 24.8 Å². The second-order valence-corrected chi connectivity index (χ2v) is 5.67. The van der Waals surface area contributed by atoms with Gasteiger partial charge in [0.05, 0.1) is 5.52 Å². The Labute approximate surface area is 141 Å². The Balaban J connectivity index is 0.00000176. The van der Waals surface area contributed by atoms with Gasteiger partial charge in [-0.25, -0.2) is 4.98 Å². The molecule has 0 saturated heterocycles. The maximum absolute atomic E-state index is 6.24. The number of aromatic nitrogens is 2. The van der Waals surface area contributed by atoms with Gasteiger partial charge >= 0.3 is 0 Å². The molecule has 2 aromatic heterocycles. The molecule has 22 heavy (non-hydrogen) atoms. The van der Waals surface area contributed by atoms with Crippen molar-refractivity contribution in [3.8, 4) is 5.75 Å². The summed E-state index contributed by atoms with van der Waals surface area (Å²) in [5, 5.41) is 5.26. The van der Waals surface area contributed by atoms with Crippen LogP contribution < -0.4 is 10.1 Å². The molecular formula is C16H19N3OS2. The Morgan fingerprint density at radius 3 is 2.82 bits per heavy atom. The van der Waals surface area contributed by atoms with Crippen LogP contribution in [0.5, 0.6) is 5.75 Å². The molecule has 0 bridgehead atoms. The van der Waals surface area contributed by atoms with Crippen molar-refractivity contribution < 1.29 is 4.74 Å². The van der Waals surface area contributed by atoms with Gasteiger partial charge in [0.25, 0.3) is 0 Å². The molecule has 0 aliphatic heterocycles. The zero-order chi connectivity index (χ0) is 14.5. The van der Waals surface area contributed by atoms with Gasteiger partial charge in [0.15, 0.2) is 0 Å². The Morgan fingerprint density at radius 2 is 2.05 bits per heavy atom. The van der Waals surface area contributed by atoms with E-state index in [0.717, 1.165) is 29.7 Å². The van der Waals surface area contributed by atoms with Crippen molar-refractivity contribution in [3.05, 3.63) is 53.0 Å². The Kier molecular flexibility index (Phi) is 6.18. The van der Waals surface area contributed by atoms with Crippen LogP contribution in [0.1, 0.15) is 17.4 Å². The first kappa shape index (κ1) is 16.7. The second kappa shape index (κ2) is 8.12. The number of para-hydroxylation sites is 1. The van der Waals surface area contributed by atoms with Crippen molar-refractivity contribution in [2.75, 3.05) is 13.6 Å². The smallest absolute Gasteiger partial charge is 0.148 e. The molecule has 6 heteroatoms. The summed E-state index contributed by atoms with van der Waals surface area (Å²) in [6.45, 7) is 0.902. The normalized spacial score (nSPS) is 11.9. The summed E-state index contributed by atoms with van der Waals surface area (Å²) >= 11 is 1.72. The van der Waals surface area contributed by atoms with Crippen LogP contribution in [-0.2, 0) is 0 Å². The maximum Gasteiger partial charge on any atom is 0.148 e. The lowest BCUT2D eigenvalue weighted by atomic mass is 10.2. The van der Waals surface area contributed by atoms with E-state index in [1.54, 1.807) is 23.7 Å². The summed E-state index contributed by atoms with van der Waals surface area (Å²) in [6.07, 6.45) is 4.34. The van der Waals surface area contributed by atoms with E-state index in [4.69, 9.17) is 4.74 Å². The van der Waals surface area contributed by atoms with Crippen molar-refractivity contribution in [1.29, 1.82) is 0 Å². The zero-order valence-corrected chi connectivity index (χ0v) is 14.1. The number of benzene rings is 1. The quantitative estimate of drug-likeness (QED) is 0.749. The third-order valence-electron chi connectivity index (χ3n) is 3.25.